The molecule has 1 aromatic heterocycles. The third-order valence-corrected chi connectivity index (χ3v) is 5.71. The Kier molecular flexibility index (Phi) is 5.31. The molecule has 2 saturated heterocycles. The molecule has 2 aliphatic heterocycles. The smallest absolute Gasteiger partial charge is 0.329 e. The summed E-state index contributed by atoms with van der Waals surface area (Å²) in [6, 6.07) is 3.12. The van der Waals surface area contributed by atoms with Crippen molar-refractivity contribution in [2.24, 2.45) is 0 Å². The van der Waals surface area contributed by atoms with Gasteiger partial charge in [-0.3, -0.25) is 14.0 Å². The van der Waals surface area contributed by atoms with Gasteiger partial charge in [-0.05, 0) is 32.0 Å². The molecule has 8 heteroatoms. The molecule has 1 N–H and O–H groups in total. The first-order valence-electron chi connectivity index (χ1n) is 9.26. The monoisotopic (exact) mass is 382 g/mol. The van der Waals surface area contributed by atoms with Crippen LogP contribution < -0.4 is 11.0 Å². The summed E-state index contributed by atoms with van der Waals surface area (Å²) < 4.78 is 23.0. The molecule has 26 heavy (non-hydrogen) atoms. The summed E-state index contributed by atoms with van der Waals surface area (Å²) in [7, 11) is 0. The lowest BCUT2D eigenvalue weighted by molar-refractivity contribution is 0.0364. The largest absolute Gasteiger partial charge is 0.379 e. The van der Waals surface area contributed by atoms with Gasteiger partial charge in [-0.1, -0.05) is 11.6 Å². The predicted molar refractivity (Wildman–Crippen MR) is 99.6 cm³/mol. The number of hydrogen-bond donors (Lipinski definition) is 1. The molecule has 6 nitrogen and oxygen atoms in total. The van der Waals surface area contributed by atoms with Gasteiger partial charge in [0.2, 0.25) is 0 Å². The van der Waals surface area contributed by atoms with E-state index >= 15 is 0 Å². The number of aromatic nitrogens is 2. The molecule has 0 unspecified atom stereocenters. The lowest BCUT2D eigenvalue weighted by Crippen LogP contribution is -2.40. The molecule has 2 fully saturated rings. The number of piperidine rings is 1. The van der Waals surface area contributed by atoms with E-state index in [1.165, 1.54) is 6.07 Å². The van der Waals surface area contributed by atoms with E-state index in [-0.39, 0.29) is 16.8 Å². The highest BCUT2D eigenvalue weighted by Crippen LogP contribution is 2.27. The van der Waals surface area contributed by atoms with Gasteiger partial charge in [0, 0.05) is 38.3 Å². The zero-order valence-electron chi connectivity index (χ0n) is 14.7. The number of nitrogens with one attached hydrogen (secondary N) is 1. The molecule has 0 saturated carbocycles. The molecule has 2 aliphatic rings. The topological polar surface area (TPSA) is 51.4 Å². The van der Waals surface area contributed by atoms with Crippen molar-refractivity contribution in [1.82, 2.24) is 19.4 Å². The average Bonchev–Trinajstić information content (AvgIpc) is 2.92. The fourth-order valence-electron chi connectivity index (χ4n) is 3.97. The van der Waals surface area contributed by atoms with Gasteiger partial charge in [-0.2, -0.15) is 0 Å². The number of benzene rings is 1. The average molecular weight is 383 g/mol. The third kappa shape index (κ3) is 3.41. The van der Waals surface area contributed by atoms with Crippen molar-refractivity contribution in [3.05, 3.63) is 33.5 Å². The van der Waals surface area contributed by atoms with Crippen LogP contribution in [0.4, 0.5) is 4.39 Å². The van der Waals surface area contributed by atoms with Crippen LogP contribution in [0.5, 0.6) is 0 Å². The highest BCUT2D eigenvalue weighted by atomic mass is 35.5. The summed E-state index contributed by atoms with van der Waals surface area (Å²) in [5.41, 5.74) is 1.29. The minimum absolute atomic E-state index is 0.0607. The molecule has 0 atom stereocenters. The quantitative estimate of drug-likeness (QED) is 0.876. The Morgan fingerprint density at radius 2 is 1.88 bits per heavy atom. The maximum atomic E-state index is 14.1. The van der Waals surface area contributed by atoms with Crippen molar-refractivity contribution in [3.63, 3.8) is 0 Å². The number of hydrogen-bond acceptors (Lipinski definition) is 4. The Morgan fingerprint density at radius 1 is 1.15 bits per heavy atom. The lowest BCUT2D eigenvalue weighted by Gasteiger charge is -2.26. The first-order chi connectivity index (χ1) is 12.6. The van der Waals surface area contributed by atoms with Crippen LogP contribution in [0.15, 0.2) is 16.9 Å². The van der Waals surface area contributed by atoms with E-state index in [4.69, 9.17) is 16.3 Å². The highest BCUT2D eigenvalue weighted by molar-refractivity contribution is 6.31. The van der Waals surface area contributed by atoms with Crippen LogP contribution in [-0.4, -0.2) is 60.0 Å². The van der Waals surface area contributed by atoms with Crippen molar-refractivity contribution in [3.8, 4) is 0 Å². The summed E-state index contributed by atoms with van der Waals surface area (Å²) in [6.45, 7) is 6.21. The number of nitrogens with zero attached hydrogens (tertiary/aromatic N) is 3. The minimum atomic E-state index is -0.484. The van der Waals surface area contributed by atoms with E-state index in [1.54, 1.807) is 10.6 Å². The molecular weight excluding hydrogens is 359 g/mol. The Hall–Kier alpha value is -1.41. The van der Waals surface area contributed by atoms with Crippen LogP contribution in [0.3, 0.4) is 0 Å². The summed E-state index contributed by atoms with van der Waals surface area (Å²) in [5, 5.41) is 3.38. The normalized spacial score (nSPS) is 20.1. The third-order valence-electron chi connectivity index (χ3n) is 5.42. The molecule has 1 aromatic carbocycles. The predicted octanol–water partition coefficient (Wildman–Crippen LogP) is 1.85. The molecular formula is C18H24ClFN4O2. The van der Waals surface area contributed by atoms with E-state index in [0.717, 1.165) is 64.3 Å². The maximum Gasteiger partial charge on any atom is 0.329 e. The highest BCUT2D eigenvalue weighted by Gasteiger charge is 2.24. The van der Waals surface area contributed by atoms with Crippen LogP contribution in [0.1, 0.15) is 18.9 Å². The molecule has 3 heterocycles. The zero-order chi connectivity index (χ0) is 18.1. The van der Waals surface area contributed by atoms with Gasteiger partial charge in [0.15, 0.2) is 0 Å². The van der Waals surface area contributed by atoms with Gasteiger partial charge in [0.1, 0.15) is 5.82 Å². The Morgan fingerprint density at radius 3 is 2.62 bits per heavy atom. The molecule has 142 valence electrons. The Labute approximate surface area is 156 Å². The number of fused-ring (bicyclic) bond motifs is 1. The van der Waals surface area contributed by atoms with Gasteiger partial charge < -0.3 is 10.1 Å². The lowest BCUT2D eigenvalue weighted by atomic mass is 10.1. The Balaban J connectivity index is 1.72. The van der Waals surface area contributed by atoms with E-state index < -0.39 is 5.82 Å². The van der Waals surface area contributed by atoms with Crippen LogP contribution in [-0.2, 0) is 11.3 Å². The second-order valence-electron chi connectivity index (χ2n) is 6.99. The van der Waals surface area contributed by atoms with Gasteiger partial charge in [0.05, 0.1) is 29.3 Å². The number of ether oxygens (including phenoxy) is 1. The molecule has 0 amide bonds. The Bertz CT molecular complexity index is 838. The van der Waals surface area contributed by atoms with E-state index in [2.05, 4.69) is 10.2 Å². The van der Waals surface area contributed by atoms with Gasteiger partial charge in [-0.15, -0.1) is 0 Å². The van der Waals surface area contributed by atoms with Crippen LogP contribution in [0.25, 0.3) is 11.0 Å². The first kappa shape index (κ1) is 18.0. The maximum absolute atomic E-state index is 14.1. The van der Waals surface area contributed by atoms with Gasteiger partial charge in [-0.25, -0.2) is 9.18 Å². The summed E-state index contributed by atoms with van der Waals surface area (Å²) >= 11 is 6.02. The number of imidazole rings is 1. The van der Waals surface area contributed by atoms with Gasteiger partial charge >= 0.3 is 5.69 Å². The number of halogens is 2. The van der Waals surface area contributed by atoms with Crippen molar-refractivity contribution >= 4 is 22.6 Å². The molecule has 0 radical (unpaired) electrons. The van der Waals surface area contributed by atoms with E-state index in [0.29, 0.717) is 12.1 Å². The summed E-state index contributed by atoms with van der Waals surface area (Å²) in [5.74, 6) is -0.484. The molecule has 0 aliphatic carbocycles. The van der Waals surface area contributed by atoms with Crippen molar-refractivity contribution < 1.29 is 9.13 Å². The molecule has 2 aromatic rings. The van der Waals surface area contributed by atoms with E-state index in [9.17, 15) is 9.18 Å². The number of rotatable bonds is 4. The second kappa shape index (κ2) is 7.68. The van der Waals surface area contributed by atoms with Crippen LogP contribution in [0, 0.1) is 5.82 Å². The fraction of sp³-hybridized carbons (Fsp3) is 0.611. The SMILES string of the molecule is O=c1n(CCN2CCOCC2)c2cc(F)c(Cl)cc2n1C1CCNCC1. The van der Waals surface area contributed by atoms with E-state index in [1.807, 2.05) is 4.57 Å². The van der Waals surface area contributed by atoms with Gasteiger partial charge in [0.25, 0.3) is 0 Å². The minimum Gasteiger partial charge on any atom is -0.379 e. The fourth-order valence-corrected chi connectivity index (χ4v) is 4.13. The standard InChI is InChI=1S/C18H24ClFN4O2/c19-14-11-17-16(12-15(14)20)23(6-5-22-7-9-26-10-8-22)18(25)24(17)13-1-3-21-4-2-13/h11-13,21H,1-10H2. The first-order valence-corrected chi connectivity index (χ1v) is 9.63. The van der Waals surface area contributed by atoms with Crippen LogP contribution >= 0.6 is 11.6 Å². The zero-order valence-corrected chi connectivity index (χ0v) is 15.5. The molecule has 4 rings (SSSR count). The van der Waals surface area contributed by atoms with Crippen molar-refractivity contribution in [2.75, 3.05) is 45.9 Å². The van der Waals surface area contributed by atoms with Crippen LogP contribution in [0.2, 0.25) is 5.02 Å². The summed E-state index contributed by atoms with van der Waals surface area (Å²) in [6.07, 6.45) is 1.77. The van der Waals surface area contributed by atoms with Crippen molar-refractivity contribution in [1.29, 1.82) is 0 Å². The number of morpholine rings is 1. The second-order valence-corrected chi connectivity index (χ2v) is 7.40. The molecule has 0 bridgehead atoms. The summed E-state index contributed by atoms with van der Waals surface area (Å²) in [4.78, 5) is 15.5. The van der Waals surface area contributed by atoms with Crippen molar-refractivity contribution in [2.45, 2.75) is 25.4 Å². The molecule has 0 spiro atoms.